The molecule has 3 heterocycles. The number of carbonyl (C=O) groups excluding carboxylic acids is 1. The number of ether oxygens (including phenoxy) is 1. The first kappa shape index (κ1) is 24.0. The number of hydrogen-bond acceptors (Lipinski definition) is 7. The maximum absolute atomic E-state index is 14.1. The lowest BCUT2D eigenvalue weighted by molar-refractivity contribution is -0.132. The zero-order valence-corrected chi connectivity index (χ0v) is 21.3. The smallest absolute Gasteiger partial charge is 0.260 e. The van der Waals surface area contributed by atoms with E-state index in [-0.39, 0.29) is 29.0 Å². The molecule has 10 heteroatoms. The van der Waals surface area contributed by atoms with Crippen LogP contribution in [0.25, 0.3) is 10.9 Å². The fraction of sp³-hybridized carbons (Fsp3) is 0.400. The van der Waals surface area contributed by atoms with E-state index in [1.54, 1.807) is 11.0 Å². The topological polar surface area (TPSA) is 79.7 Å². The summed E-state index contributed by atoms with van der Waals surface area (Å²) in [6, 6.07) is 8.31. The summed E-state index contributed by atoms with van der Waals surface area (Å²) in [4.78, 5) is 23.3. The average Bonchev–Trinajstić information content (AvgIpc) is 3.37. The quantitative estimate of drug-likeness (QED) is 0.500. The Kier molecular flexibility index (Phi) is 7.48. The van der Waals surface area contributed by atoms with Crippen molar-refractivity contribution >= 4 is 56.5 Å². The number of thioether (sulfide) groups is 1. The van der Waals surface area contributed by atoms with Gasteiger partial charge in [0.15, 0.2) is 6.61 Å². The molecule has 1 N–H and O–H groups in total. The van der Waals surface area contributed by atoms with Crippen LogP contribution in [0.15, 0.2) is 41.0 Å². The summed E-state index contributed by atoms with van der Waals surface area (Å²) in [7, 11) is 0.102. The summed E-state index contributed by atoms with van der Waals surface area (Å²) in [5, 5.41) is 4.15. The maximum atomic E-state index is 14.1. The van der Waals surface area contributed by atoms with Crippen LogP contribution in [-0.4, -0.2) is 63.5 Å². The molecule has 184 valence electrons. The molecule has 2 fully saturated rings. The normalized spacial score (nSPS) is 16.5. The number of fused-ring (bicyclic) bond motifs is 1. The molecule has 0 unspecified atom stereocenters. The Morgan fingerprint density at radius 2 is 2.00 bits per heavy atom. The number of halogens is 1. The van der Waals surface area contributed by atoms with Gasteiger partial charge in [-0.1, -0.05) is 10.7 Å². The molecule has 0 atom stereocenters. The number of benzene rings is 2. The van der Waals surface area contributed by atoms with Crippen LogP contribution < -0.4 is 10.1 Å². The second-order valence-electron chi connectivity index (χ2n) is 8.60. The van der Waals surface area contributed by atoms with Crippen molar-refractivity contribution in [2.75, 3.05) is 48.0 Å². The van der Waals surface area contributed by atoms with Crippen LogP contribution in [0.4, 0.5) is 21.6 Å². The Labute approximate surface area is 211 Å². The second-order valence-corrected chi connectivity index (χ2v) is 11.7. The lowest BCUT2D eigenvalue weighted by Crippen LogP contribution is -2.40. The summed E-state index contributed by atoms with van der Waals surface area (Å²) in [5.41, 5.74) is 3.29. The first-order valence-electron chi connectivity index (χ1n) is 11.8. The fourth-order valence-electron chi connectivity index (χ4n) is 4.29. The Morgan fingerprint density at radius 3 is 2.80 bits per heavy atom. The van der Waals surface area contributed by atoms with Crippen LogP contribution in [0.2, 0.25) is 0 Å². The molecule has 0 aliphatic carbocycles. The first-order chi connectivity index (χ1) is 17.1. The molecule has 0 spiro atoms. The van der Waals surface area contributed by atoms with E-state index < -0.39 is 5.82 Å². The zero-order valence-electron chi connectivity index (χ0n) is 19.6. The first-order valence-corrected chi connectivity index (χ1v) is 14.4. The Hall–Kier alpha value is -2.72. The lowest BCUT2D eigenvalue weighted by Gasteiger charge is -2.26. The summed E-state index contributed by atoms with van der Waals surface area (Å²) >= 11 is 1.83. The van der Waals surface area contributed by atoms with Crippen LogP contribution in [-0.2, 0) is 15.5 Å². The number of aromatic nitrogens is 2. The van der Waals surface area contributed by atoms with Crippen LogP contribution in [0, 0.1) is 12.7 Å². The van der Waals surface area contributed by atoms with E-state index in [0.717, 1.165) is 33.7 Å². The number of rotatable bonds is 6. The van der Waals surface area contributed by atoms with Gasteiger partial charge in [-0.15, -0.1) is 0 Å². The molecule has 0 radical (unpaired) electrons. The Balaban J connectivity index is 1.39. The number of aryl methyl sites for hydroxylation is 1. The predicted molar refractivity (Wildman–Crippen MR) is 142 cm³/mol. The van der Waals surface area contributed by atoms with Gasteiger partial charge in [0.25, 0.3) is 5.91 Å². The van der Waals surface area contributed by atoms with Gasteiger partial charge < -0.3 is 15.0 Å². The van der Waals surface area contributed by atoms with Crippen LogP contribution in [0.1, 0.15) is 18.4 Å². The molecule has 2 aliphatic heterocycles. The van der Waals surface area contributed by atoms with E-state index in [4.69, 9.17) is 9.10 Å². The largest absolute Gasteiger partial charge is 0.481 e. The van der Waals surface area contributed by atoms with E-state index in [2.05, 4.69) is 21.4 Å². The molecular formula is C25H28FN5O2S2. The average molecular weight is 514 g/mol. The van der Waals surface area contributed by atoms with Gasteiger partial charge in [-0.25, -0.2) is 18.7 Å². The summed E-state index contributed by atoms with van der Waals surface area (Å²) < 4.78 is 24.8. The molecule has 2 aromatic carbocycles. The molecule has 35 heavy (non-hydrogen) atoms. The molecule has 0 saturated carbocycles. The van der Waals surface area contributed by atoms with Crippen LogP contribution >= 0.6 is 11.8 Å². The van der Waals surface area contributed by atoms with Crippen LogP contribution in [0.5, 0.6) is 5.75 Å². The van der Waals surface area contributed by atoms with Gasteiger partial charge in [0, 0.05) is 47.6 Å². The Morgan fingerprint density at radius 1 is 1.20 bits per heavy atom. The molecule has 5 rings (SSSR count). The van der Waals surface area contributed by atoms with Gasteiger partial charge >= 0.3 is 0 Å². The predicted octanol–water partition coefficient (Wildman–Crippen LogP) is 5.00. The molecule has 7 nitrogen and oxygen atoms in total. The van der Waals surface area contributed by atoms with E-state index in [9.17, 15) is 9.18 Å². The third kappa shape index (κ3) is 5.75. The highest BCUT2D eigenvalue weighted by molar-refractivity contribution is 7.99. The van der Waals surface area contributed by atoms with Crippen molar-refractivity contribution in [3.05, 3.63) is 48.0 Å². The van der Waals surface area contributed by atoms with Crippen molar-refractivity contribution in [3.63, 3.8) is 0 Å². The number of nitrogens with zero attached hydrogens (tertiary/aromatic N) is 4. The number of hydrogen-bond donors (Lipinski definition) is 1. The molecule has 1 aromatic heterocycles. The minimum atomic E-state index is -0.435. The highest BCUT2D eigenvalue weighted by atomic mass is 32.2. The van der Waals surface area contributed by atoms with Crippen molar-refractivity contribution < 1.29 is 13.9 Å². The van der Waals surface area contributed by atoms with Crippen molar-refractivity contribution in [1.29, 1.82) is 0 Å². The minimum Gasteiger partial charge on any atom is -0.481 e. The van der Waals surface area contributed by atoms with Crippen molar-refractivity contribution in [1.82, 2.24) is 14.9 Å². The Bertz CT molecular complexity index is 1270. The molecule has 1 amide bonds. The fourth-order valence-corrected chi connectivity index (χ4v) is 7.06. The summed E-state index contributed by atoms with van der Waals surface area (Å²) in [5.74, 6) is 4.52. The van der Waals surface area contributed by atoms with Gasteiger partial charge in [-0.2, -0.15) is 11.8 Å². The minimum absolute atomic E-state index is 0.0944. The molecule has 3 aromatic rings. The van der Waals surface area contributed by atoms with Crippen LogP contribution in [0.3, 0.4) is 0 Å². The molecule has 2 aliphatic rings. The van der Waals surface area contributed by atoms with E-state index >= 15 is 0 Å². The number of carbonyl (C=O) groups is 1. The second kappa shape index (κ2) is 10.9. The highest BCUT2D eigenvalue weighted by Crippen LogP contribution is 2.34. The monoisotopic (exact) mass is 513 g/mol. The zero-order chi connectivity index (χ0) is 24.2. The highest BCUT2D eigenvalue weighted by Gasteiger charge is 2.19. The van der Waals surface area contributed by atoms with Gasteiger partial charge in [-0.3, -0.25) is 4.79 Å². The standard InChI is InChI=1S/C25H28FN5O2S2/c1-17-12-19(30-35-10-2-3-11-35)14-21-24(17)25(28-16-27-21)29-20-5-4-18(26)13-22(20)33-15-23(32)31-6-8-34-9-7-31/h4-5,12-14,16H,2-3,6-11,15H2,1H3,(H,27,28,29). The molecule has 2 saturated heterocycles. The SMILES string of the molecule is Cc1cc(N=S2CCCC2)cc2ncnc(Nc3ccc(F)cc3OCC(=O)N3CCSCC3)c12. The van der Waals surface area contributed by atoms with Gasteiger partial charge in [0.2, 0.25) is 0 Å². The summed E-state index contributed by atoms with van der Waals surface area (Å²) in [6.45, 7) is 3.30. The van der Waals surface area contributed by atoms with Gasteiger partial charge in [-0.05, 0) is 49.6 Å². The van der Waals surface area contributed by atoms with E-state index in [0.29, 0.717) is 24.6 Å². The number of nitrogens with one attached hydrogen (secondary N) is 1. The lowest BCUT2D eigenvalue weighted by atomic mass is 10.1. The van der Waals surface area contributed by atoms with E-state index in [1.165, 1.54) is 42.8 Å². The number of amides is 1. The van der Waals surface area contributed by atoms with Crippen molar-refractivity contribution in [2.45, 2.75) is 19.8 Å². The third-order valence-electron chi connectivity index (χ3n) is 6.08. The van der Waals surface area contributed by atoms with Gasteiger partial charge in [0.1, 0.15) is 23.7 Å². The van der Waals surface area contributed by atoms with E-state index in [1.807, 2.05) is 24.8 Å². The van der Waals surface area contributed by atoms with Crippen molar-refractivity contribution in [2.24, 2.45) is 4.36 Å². The molecule has 0 bridgehead atoms. The summed E-state index contributed by atoms with van der Waals surface area (Å²) in [6.07, 6.45) is 4.01. The van der Waals surface area contributed by atoms with Gasteiger partial charge in [0.05, 0.1) is 16.9 Å². The van der Waals surface area contributed by atoms with Crippen molar-refractivity contribution in [3.8, 4) is 5.75 Å². The molecular weight excluding hydrogens is 485 g/mol. The maximum Gasteiger partial charge on any atom is 0.260 e. The third-order valence-corrected chi connectivity index (χ3v) is 9.01. The number of anilines is 2.